The second-order valence-corrected chi connectivity index (χ2v) is 19.9. The predicted octanol–water partition coefficient (Wildman–Crippen LogP) is 16.7. The summed E-state index contributed by atoms with van der Waals surface area (Å²) < 4.78 is 22.7. The number of rotatable bonds is 51. The molecule has 0 aromatic heterocycles. The van der Waals surface area contributed by atoms with Crippen LogP contribution in [0.4, 0.5) is 0 Å². The number of carbonyl (C=O) groups is 3. The van der Waals surface area contributed by atoms with Crippen LogP contribution in [0.2, 0.25) is 0 Å². The molecule has 0 radical (unpaired) electrons. The smallest absolute Gasteiger partial charge is 0.361 e. The number of ether oxygens (including phenoxy) is 4. The highest BCUT2D eigenvalue weighted by Crippen LogP contribution is 2.15. The maximum absolute atomic E-state index is 12.8. The average molecular weight is 1010 g/mol. The van der Waals surface area contributed by atoms with Gasteiger partial charge in [0.2, 0.25) is 0 Å². The first-order valence-corrected chi connectivity index (χ1v) is 28.6. The van der Waals surface area contributed by atoms with Crippen LogP contribution in [0.3, 0.4) is 0 Å². The largest absolute Gasteiger partial charge is 0.477 e. The molecule has 0 aromatic carbocycles. The summed E-state index contributed by atoms with van der Waals surface area (Å²) in [5, 5.41) is 9.63. The predicted molar refractivity (Wildman–Crippen MR) is 304 cm³/mol. The Labute approximate surface area is 441 Å². The first kappa shape index (κ1) is 68.0. The van der Waals surface area contributed by atoms with Crippen LogP contribution in [0.1, 0.15) is 213 Å². The van der Waals surface area contributed by atoms with Crippen molar-refractivity contribution in [2.45, 2.75) is 225 Å². The van der Waals surface area contributed by atoms with Crippen molar-refractivity contribution >= 4 is 17.9 Å². The zero-order chi connectivity index (χ0) is 52.7. The number of allylic oxidation sites excluding steroid dienone is 18. The lowest BCUT2D eigenvalue weighted by Gasteiger charge is -2.25. The molecule has 0 aliphatic carbocycles. The maximum Gasteiger partial charge on any atom is 0.361 e. The van der Waals surface area contributed by atoms with Crippen LogP contribution in [0, 0.1) is 0 Å². The van der Waals surface area contributed by atoms with E-state index in [9.17, 15) is 19.5 Å². The van der Waals surface area contributed by atoms with E-state index in [0.717, 1.165) is 103 Å². The Morgan fingerprint density at radius 3 is 1.18 bits per heavy atom. The van der Waals surface area contributed by atoms with Crippen LogP contribution in [0.15, 0.2) is 109 Å². The number of nitrogens with zero attached hydrogens (tertiary/aromatic N) is 1. The SMILES string of the molecule is CC/C=C\C/C=C\C/C=C\C/C=C\C/C=C\C/C=C\C/C=C\C/C=C\C/C=C\CCCCCCCCCCCCCCCC(=O)OC(COC(=O)CCCCCCCC)COC(OCC[N+](C)(C)C)C(=O)O. The summed E-state index contributed by atoms with van der Waals surface area (Å²) >= 11 is 0. The van der Waals surface area contributed by atoms with Crippen LogP contribution in [-0.2, 0) is 33.3 Å². The third-order valence-electron chi connectivity index (χ3n) is 11.8. The molecule has 0 fully saturated rings. The first-order valence-electron chi connectivity index (χ1n) is 28.6. The molecule has 0 aliphatic rings. The number of carboxylic acids is 1. The molecule has 0 spiro atoms. The molecule has 0 aliphatic heterocycles. The number of unbranched alkanes of at least 4 members (excludes halogenated alkanes) is 18. The van der Waals surface area contributed by atoms with Gasteiger partial charge in [0.25, 0.3) is 6.29 Å². The molecule has 0 heterocycles. The lowest BCUT2D eigenvalue weighted by Crippen LogP contribution is -2.40. The van der Waals surface area contributed by atoms with Gasteiger partial charge in [-0.15, -0.1) is 0 Å². The fraction of sp³-hybridized carbons (Fsp3) is 0.667. The molecule has 0 bridgehead atoms. The highest BCUT2D eigenvalue weighted by Gasteiger charge is 2.25. The minimum absolute atomic E-state index is 0.185. The molecule has 0 saturated heterocycles. The number of hydrogen-bond donors (Lipinski definition) is 1. The monoisotopic (exact) mass is 1000 g/mol. The van der Waals surface area contributed by atoms with Crippen LogP contribution in [0.5, 0.6) is 0 Å². The Morgan fingerprint density at radius 1 is 0.431 bits per heavy atom. The van der Waals surface area contributed by atoms with E-state index in [1.54, 1.807) is 0 Å². The summed E-state index contributed by atoms with van der Waals surface area (Å²) in [6.07, 6.45) is 70.8. The molecule has 2 atom stereocenters. The van der Waals surface area contributed by atoms with Gasteiger partial charge in [0, 0.05) is 12.8 Å². The molecule has 0 amide bonds. The molecule has 9 heteroatoms. The summed E-state index contributed by atoms with van der Waals surface area (Å²) in [6.45, 7) is 4.67. The van der Waals surface area contributed by atoms with Gasteiger partial charge in [0.15, 0.2) is 6.10 Å². The molecule has 2 unspecified atom stereocenters. The van der Waals surface area contributed by atoms with Gasteiger partial charge >= 0.3 is 17.9 Å². The van der Waals surface area contributed by atoms with Gasteiger partial charge in [-0.2, -0.15) is 0 Å². The lowest BCUT2D eigenvalue weighted by molar-refractivity contribution is -0.870. The second-order valence-electron chi connectivity index (χ2n) is 19.9. The lowest BCUT2D eigenvalue weighted by atomic mass is 10.0. The minimum Gasteiger partial charge on any atom is -0.477 e. The van der Waals surface area contributed by atoms with E-state index >= 15 is 0 Å². The van der Waals surface area contributed by atoms with Gasteiger partial charge in [-0.05, 0) is 83.5 Å². The van der Waals surface area contributed by atoms with Gasteiger partial charge in [0.1, 0.15) is 13.2 Å². The van der Waals surface area contributed by atoms with Crippen LogP contribution >= 0.6 is 0 Å². The molecular formula is C63H106NO8+. The van der Waals surface area contributed by atoms with E-state index in [4.69, 9.17) is 18.9 Å². The molecule has 0 saturated carbocycles. The fourth-order valence-corrected chi connectivity index (χ4v) is 7.42. The van der Waals surface area contributed by atoms with Crippen molar-refractivity contribution < 1.29 is 42.9 Å². The zero-order valence-corrected chi connectivity index (χ0v) is 46.5. The Morgan fingerprint density at radius 2 is 0.792 bits per heavy atom. The number of aliphatic carboxylic acids is 1. The van der Waals surface area contributed by atoms with Crippen LogP contribution in [-0.4, -0.2) is 87.4 Å². The summed E-state index contributed by atoms with van der Waals surface area (Å²) in [5.74, 6) is -2.02. The topological polar surface area (TPSA) is 108 Å². The summed E-state index contributed by atoms with van der Waals surface area (Å²) in [7, 11) is 5.95. The quantitative estimate of drug-likeness (QED) is 0.0211. The Bertz CT molecular complexity index is 1540. The molecular weight excluding hydrogens is 899 g/mol. The van der Waals surface area contributed by atoms with Crippen LogP contribution < -0.4 is 0 Å². The normalized spacial score (nSPS) is 13.6. The number of carboxylic acid groups (broad SMARTS) is 1. The molecule has 9 nitrogen and oxygen atoms in total. The average Bonchev–Trinajstić information content (AvgIpc) is 3.35. The summed E-state index contributed by atoms with van der Waals surface area (Å²) in [6, 6.07) is 0. The van der Waals surface area contributed by atoms with Crippen molar-refractivity contribution in [3.8, 4) is 0 Å². The Balaban J connectivity index is 3.96. The highest BCUT2D eigenvalue weighted by molar-refractivity contribution is 5.71. The van der Waals surface area contributed by atoms with Gasteiger partial charge in [-0.25, -0.2) is 4.79 Å². The van der Waals surface area contributed by atoms with E-state index in [1.807, 2.05) is 21.1 Å². The van der Waals surface area contributed by atoms with E-state index in [0.29, 0.717) is 23.9 Å². The number of likely N-dealkylation sites (N-methyl/N-ethyl adjacent to an activating group) is 1. The first-order chi connectivity index (χ1) is 35.1. The molecule has 410 valence electrons. The molecule has 72 heavy (non-hydrogen) atoms. The Kier molecular flexibility index (Phi) is 50.3. The molecule has 1 N–H and O–H groups in total. The van der Waals surface area contributed by atoms with E-state index < -0.39 is 24.3 Å². The van der Waals surface area contributed by atoms with Gasteiger partial charge in [-0.3, -0.25) is 9.59 Å². The summed E-state index contributed by atoms with van der Waals surface area (Å²) in [5.41, 5.74) is 0. The maximum atomic E-state index is 12.8. The van der Waals surface area contributed by atoms with E-state index in [-0.39, 0.29) is 32.2 Å². The highest BCUT2D eigenvalue weighted by atomic mass is 16.7. The van der Waals surface area contributed by atoms with Crippen molar-refractivity contribution in [3.63, 3.8) is 0 Å². The number of esters is 2. The van der Waals surface area contributed by atoms with Crippen molar-refractivity contribution in [3.05, 3.63) is 109 Å². The van der Waals surface area contributed by atoms with Crippen molar-refractivity contribution in [2.75, 3.05) is 47.5 Å². The third kappa shape index (κ3) is 53.7. The fourth-order valence-electron chi connectivity index (χ4n) is 7.42. The number of quaternary nitrogens is 1. The number of carbonyl (C=O) groups excluding carboxylic acids is 2. The number of hydrogen-bond acceptors (Lipinski definition) is 7. The Hall–Kier alpha value is -4.05. The third-order valence-corrected chi connectivity index (χ3v) is 11.8. The van der Waals surface area contributed by atoms with Gasteiger partial charge < -0.3 is 28.5 Å². The zero-order valence-electron chi connectivity index (χ0n) is 46.5. The van der Waals surface area contributed by atoms with Gasteiger partial charge in [0.05, 0.1) is 34.4 Å². The van der Waals surface area contributed by atoms with Crippen LogP contribution in [0.25, 0.3) is 0 Å². The van der Waals surface area contributed by atoms with Crippen molar-refractivity contribution in [2.24, 2.45) is 0 Å². The minimum atomic E-state index is -1.51. The van der Waals surface area contributed by atoms with Crippen molar-refractivity contribution in [1.82, 2.24) is 0 Å². The van der Waals surface area contributed by atoms with E-state index in [1.165, 1.54) is 77.0 Å². The standard InChI is InChI=1S/C63H105NO8/c1-6-8-10-12-14-15-16-17-18-19-20-21-22-23-24-25-26-27-28-29-30-31-32-33-34-35-36-37-38-39-40-41-42-43-44-45-46-47-48-50-52-54-61(66)72-59(57-70-60(65)53-51-49-13-11-9-7-2)58-71-63(62(67)68)69-56-55-64(3,4)5/h8,10,14-15,17-18,20-21,23-24,26-27,29-30,32-33,35-36,59,63H,6-7,9,11-13,16,19,22,25,28,31,34,37-58H2,1-5H3/p+1/b10-8-,15-14-,18-17-,21-20-,24-23-,27-26-,30-29-,33-32-,36-35-. The molecule has 0 aromatic rings. The summed E-state index contributed by atoms with van der Waals surface area (Å²) in [4.78, 5) is 37.0. The van der Waals surface area contributed by atoms with Crippen molar-refractivity contribution in [1.29, 1.82) is 0 Å². The second kappa shape index (κ2) is 53.2. The van der Waals surface area contributed by atoms with Gasteiger partial charge in [-0.1, -0.05) is 226 Å². The molecule has 0 rings (SSSR count). The van der Waals surface area contributed by atoms with E-state index in [2.05, 4.69) is 123 Å².